The van der Waals surface area contributed by atoms with Gasteiger partial charge in [0.2, 0.25) is 0 Å². The van der Waals surface area contributed by atoms with Crippen LogP contribution in [0, 0.1) is 0 Å². The molecule has 6 nitrogen and oxygen atoms in total. The summed E-state index contributed by atoms with van der Waals surface area (Å²) < 4.78 is 20.4. The van der Waals surface area contributed by atoms with Gasteiger partial charge in [-0.1, -0.05) is 0 Å². The van der Waals surface area contributed by atoms with Crippen LogP contribution in [-0.2, 0) is 28.5 Å². The lowest BCUT2D eigenvalue weighted by atomic mass is 10.1. The van der Waals surface area contributed by atoms with E-state index in [-0.39, 0.29) is 6.61 Å². The molecule has 17 heavy (non-hydrogen) atoms. The second kappa shape index (κ2) is 6.24. The topological polar surface area (TPSA) is 71.1 Å². The molecule has 6 heteroatoms. The van der Waals surface area contributed by atoms with Crippen LogP contribution in [0.25, 0.3) is 0 Å². The van der Waals surface area contributed by atoms with Crippen LogP contribution in [0.2, 0.25) is 0 Å². The maximum Gasteiger partial charge on any atom is 0.303 e. The Hall–Kier alpha value is -1.56. The summed E-state index contributed by atoms with van der Waals surface area (Å²) >= 11 is 0. The summed E-state index contributed by atoms with van der Waals surface area (Å²) in [5.41, 5.74) is 0. The van der Waals surface area contributed by atoms with Crippen LogP contribution in [0.1, 0.15) is 13.8 Å². The van der Waals surface area contributed by atoms with Crippen LogP contribution in [-0.4, -0.2) is 44.0 Å². The van der Waals surface area contributed by atoms with Crippen molar-refractivity contribution < 1.29 is 28.5 Å². The number of carbonyl (C=O) groups excluding carboxylic acids is 2. The smallest absolute Gasteiger partial charge is 0.303 e. The van der Waals surface area contributed by atoms with Crippen LogP contribution in [0.4, 0.5) is 0 Å². The number of esters is 2. The van der Waals surface area contributed by atoms with Crippen molar-refractivity contribution in [1.29, 1.82) is 0 Å². The van der Waals surface area contributed by atoms with Crippen LogP contribution in [0.3, 0.4) is 0 Å². The van der Waals surface area contributed by atoms with Gasteiger partial charge in [0, 0.05) is 21.0 Å². The fraction of sp³-hybridized carbons (Fsp3) is 0.636. The minimum atomic E-state index is -0.535. The SMILES string of the molecule is CO[C@@H]1[C@H](OC(C)=O)C=CO[C@@H]1COC(C)=O. The fourth-order valence-electron chi connectivity index (χ4n) is 1.54. The highest BCUT2D eigenvalue weighted by Gasteiger charge is 2.35. The molecule has 1 aliphatic rings. The molecule has 0 radical (unpaired) electrons. The van der Waals surface area contributed by atoms with Crippen molar-refractivity contribution >= 4 is 11.9 Å². The standard InChI is InChI=1S/C11H16O6/c1-7(12)16-6-10-11(14-3)9(4-5-15-10)17-8(2)13/h4-5,9-11H,6H2,1-3H3/t9-,10-,11-/m1/s1. The maximum absolute atomic E-state index is 10.9. The van der Waals surface area contributed by atoms with E-state index in [4.69, 9.17) is 18.9 Å². The van der Waals surface area contributed by atoms with Crippen molar-refractivity contribution in [3.63, 3.8) is 0 Å². The van der Waals surface area contributed by atoms with Crippen LogP contribution in [0.15, 0.2) is 12.3 Å². The molecule has 0 N–H and O–H groups in total. The van der Waals surface area contributed by atoms with E-state index in [0.717, 1.165) is 0 Å². The van der Waals surface area contributed by atoms with Crippen molar-refractivity contribution in [3.8, 4) is 0 Å². The molecule has 0 aromatic heterocycles. The lowest BCUT2D eigenvalue weighted by Gasteiger charge is -2.32. The van der Waals surface area contributed by atoms with Gasteiger partial charge in [0.25, 0.3) is 0 Å². The van der Waals surface area contributed by atoms with Crippen molar-refractivity contribution in [2.45, 2.75) is 32.2 Å². The largest absolute Gasteiger partial charge is 0.492 e. The molecule has 1 heterocycles. The van der Waals surface area contributed by atoms with E-state index >= 15 is 0 Å². The zero-order valence-electron chi connectivity index (χ0n) is 10.0. The highest BCUT2D eigenvalue weighted by Crippen LogP contribution is 2.18. The molecule has 0 unspecified atom stereocenters. The van der Waals surface area contributed by atoms with Crippen molar-refractivity contribution in [2.75, 3.05) is 13.7 Å². The summed E-state index contributed by atoms with van der Waals surface area (Å²) in [5, 5.41) is 0. The van der Waals surface area contributed by atoms with E-state index in [1.54, 1.807) is 6.08 Å². The number of rotatable bonds is 4. The van der Waals surface area contributed by atoms with Crippen LogP contribution >= 0.6 is 0 Å². The summed E-state index contributed by atoms with van der Waals surface area (Å²) in [5.74, 6) is -0.808. The number of hydrogen-bond acceptors (Lipinski definition) is 6. The first-order valence-corrected chi connectivity index (χ1v) is 5.20. The van der Waals surface area contributed by atoms with E-state index in [2.05, 4.69) is 0 Å². The Morgan fingerprint density at radius 1 is 1.29 bits per heavy atom. The van der Waals surface area contributed by atoms with Gasteiger partial charge in [0.15, 0.2) is 12.2 Å². The predicted octanol–water partition coefficient (Wildman–Crippen LogP) is 0.409. The lowest BCUT2D eigenvalue weighted by Crippen LogP contribution is -2.46. The van der Waals surface area contributed by atoms with E-state index in [0.29, 0.717) is 0 Å². The van der Waals surface area contributed by atoms with Gasteiger partial charge in [-0.3, -0.25) is 9.59 Å². The first-order chi connectivity index (χ1) is 8.04. The molecule has 0 bridgehead atoms. The van der Waals surface area contributed by atoms with Gasteiger partial charge >= 0.3 is 11.9 Å². The monoisotopic (exact) mass is 244 g/mol. The molecular weight excluding hydrogens is 228 g/mol. The summed E-state index contributed by atoms with van der Waals surface area (Å²) in [4.78, 5) is 21.6. The Balaban J connectivity index is 2.63. The van der Waals surface area contributed by atoms with Gasteiger partial charge in [-0.2, -0.15) is 0 Å². The van der Waals surface area contributed by atoms with Gasteiger partial charge in [-0.05, 0) is 6.08 Å². The highest BCUT2D eigenvalue weighted by atomic mass is 16.6. The molecular formula is C11H16O6. The van der Waals surface area contributed by atoms with Crippen molar-refractivity contribution in [2.24, 2.45) is 0 Å². The van der Waals surface area contributed by atoms with E-state index in [9.17, 15) is 9.59 Å². The van der Waals surface area contributed by atoms with Crippen molar-refractivity contribution in [1.82, 2.24) is 0 Å². The summed E-state index contributed by atoms with van der Waals surface area (Å²) in [6.07, 6.45) is 1.48. The summed E-state index contributed by atoms with van der Waals surface area (Å²) in [7, 11) is 1.48. The molecule has 96 valence electrons. The molecule has 1 aliphatic heterocycles. The maximum atomic E-state index is 10.9. The molecule has 0 aromatic rings. The van der Waals surface area contributed by atoms with E-state index in [1.165, 1.54) is 27.2 Å². The Kier molecular flexibility index (Phi) is 4.96. The molecule has 0 aliphatic carbocycles. The highest BCUT2D eigenvalue weighted by molar-refractivity contribution is 5.66. The van der Waals surface area contributed by atoms with E-state index in [1.807, 2.05) is 0 Å². The first-order valence-electron chi connectivity index (χ1n) is 5.20. The Morgan fingerprint density at radius 3 is 2.53 bits per heavy atom. The molecule has 0 fully saturated rings. The number of ether oxygens (including phenoxy) is 4. The minimum Gasteiger partial charge on any atom is -0.492 e. The molecule has 0 aromatic carbocycles. The second-order valence-corrected chi connectivity index (χ2v) is 3.58. The van der Waals surface area contributed by atoms with Crippen LogP contribution < -0.4 is 0 Å². The first kappa shape index (κ1) is 13.5. The molecule has 0 saturated heterocycles. The third-order valence-electron chi connectivity index (χ3n) is 2.24. The third-order valence-corrected chi connectivity index (χ3v) is 2.24. The Morgan fingerprint density at radius 2 is 2.00 bits per heavy atom. The van der Waals surface area contributed by atoms with Gasteiger partial charge in [0.05, 0.1) is 6.26 Å². The molecule has 3 atom stereocenters. The molecule has 0 spiro atoms. The summed E-state index contributed by atoms with van der Waals surface area (Å²) in [6, 6.07) is 0. The third kappa shape index (κ3) is 4.07. The molecule has 1 rings (SSSR count). The summed E-state index contributed by atoms with van der Waals surface area (Å²) in [6.45, 7) is 2.68. The zero-order valence-corrected chi connectivity index (χ0v) is 10.0. The number of hydrogen-bond donors (Lipinski definition) is 0. The second-order valence-electron chi connectivity index (χ2n) is 3.58. The van der Waals surface area contributed by atoms with E-state index < -0.39 is 30.3 Å². The lowest BCUT2D eigenvalue weighted by molar-refractivity contribution is -0.165. The van der Waals surface area contributed by atoms with Gasteiger partial charge in [-0.15, -0.1) is 0 Å². The average molecular weight is 244 g/mol. The predicted molar refractivity (Wildman–Crippen MR) is 57.0 cm³/mol. The molecule has 0 amide bonds. The van der Waals surface area contributed by atoms with Gasteiger partial charge in [-0.25, -0.2) is 0 Å². The minimum absolute atomic E-state index is 0.0515. The average Bonchev–Trinajstić information content (AvgIpc) is 2.25. The van der Waals surface area contributed by atoms with Crippen molar-refractivity contribution in [3.05, 3.63) is 12.3 Å². The van der Waals surface area contributed by atoms with Crippen LogP contribution in [0.5, 0.6) is 0 Å². The molecule has 0 saturated carbocycles. The number of carbonyl (C=O) groups is 2. The Bertz CT molecular complexity index is 311. The van der Waals surface area contributed by atoms with Gasteiger partial charge < -0.3 is 18.9 Å². The normalized spacial score (nSPS) is 27.1. The fourth-order valence-corrected chi connectivity index (χ4v) is 1.54. The Labute approximate surface area is 99.5 Å². The quantitative estimate of drug-likeness (QED) is 0.667. The number of methoxy groups -OCH3 is 1. The van der Waals surface area contributed by atoms with Gasteiger partial charge in [0.1, 0.15) is 12.7 Å². The zero-order chi connectivity index (χ0) is 12.8.